The zero-order valence-electron chi connectivity index (χ0n) is 15.3. The van der Waals surface area contributed by atoms with Gasteiger partial charge in [0, 0.05) is 18.5 Å². The van der Waals surface area contributed by atoms with Crippen LogP contribution in [-0.4, -0.2) is 18.3 Å². The van der Waals surface area contributed by atoms with Gasteiger partial charge >= 0.3 is 0 Å². The Morgan fingerprint density at radius 2 is 1.96 bits per heavy atom. The Kier molecular flexibility index (Phi) is 3.67. The maximum Gasteiger partial charge on any atom is 0.0917 e. The number of nitrogens with zero attached hydrogens (tertiary/aromatic N) is 2. The van der Waals surface area contributed by atoms with Crippen LogP contribution in [-0.2, 0) is 5.54 Å². The third kappa shape index (κ3) is 2.19. The highest BCUT2D eigenvalue weighted by Crippen LogP contribution is 2.51. The normalized spacial score (nSPS) is 29.7. The zero-order valence-corrected chi connectivity index (χ0v) is 15.3. The topological polar surface area (TPSA) is 15.6 Å². The molecule has 1 aromatic rings. The molecule has 1 aromatic carbocycles. The molecule has 0 aromatic heterocycles. The first-order valence-corrected chi connectivity index (χ1v) is 9.26. The van der Waals surface area contributed by atoms with Crippen molar-refractivity contribution in [2.75, 3.05) is 7.05 Å². The second kappa shape index (κ2) is 5.61. The van der Waals surface area contributed by atoms with Crippen LogP contribution >= 0.6 is 0 Å². The van der Waals surface area contributed by atoms with Crippen molar-refractivity contribution in [3.05, 3.63) is 52.6 Å². The van der Waals surface area contributed by atoms with Gasteiger partial charge in [-0.15, -0.1) is 0 Å². The van der Waals surface area contributed by atoms with Crippen LogP contribution in [0.1, 0.15) is 63.5 Å². The van der Waals surface area contributed by atoms with Crippen molar-refractivity contribution >= 4 is 12.0 Å². The van der Waals surface area contributed by atoms with Crippen LogP contribution < -0.4 is 0 Å². The minimum Gasteiger partial charge on any atom is -0.355 e. The molecule has 1 fully saturated rings. The molecule has 4 rings (SSSR count). The van der Waals surface area contributed by atoms with Gasteiger partial charge in [0.05, 0.1) is 17.6 Å². The molecule has 1 aliphatic heterocycles. The molecule has 0 N–H and O–H groups in total. The molecule has 3 aliphatic rings. The van der Waals surface area contributed by atoms with Gasteiger partial charge in [0.25, 0.3) is 0 Å². The van der Waals surface area contributed by atoms with Crippen LogP contribution in [0.4, 0.5) is 5.69 Å². The molecule has 24 heavy (non-hydrogen) atoms. The van der Waals surface area contributed by atoms with E-state index in [1.54, 1.807) is 0 Å². The molecule has 2 nitrogen and oxygen atoms in total. The molecule has 1 heterocycles. The summed E-state index contributed by atoms with van der Waals surface area (Å²) in [4.78, 5) is 7.21. The Morgan fingerprint density at radius 3 is 2.67 bits per heavy atom. The third-order valence-electron chi connectivity index (χ3n) is 6.64. The standard InChI is InChI=1S/C22H28N2/c1-15-11-12-16(2)20(13-15)22(3)19-10-6-9-18(17-7-5-8-17)21(19)23-14-24(22)4/h6,9-12,14,17,20H,5,7-8,13H2,1-4H3. The lowest BCUT2D eigenvalue weighted by Crippen LogP contribution is -2.49. The summed E-state index contributed by atoms with van der Waals surface area (Å²) < 4.78 is 0. The minimum absolute atomic E-state index is 0.0348. The lowest BCUT2D eigenvalue weighted by Gasteiger charge is -2.49. The minimum atomic E-state index is -0.0348. The van der Waals surface area contributed by atoms with Gasteiger partial charge in [0.1, 0.15) is 0 Å². The number of aliphatic imine (C=N–C) groups is 1. The van der Waals surface area contributed by atoms with E-state index >= 15 is 0 Å². The summed E-state index contributed by atoms with van der Waals surface area (Å²) in [6.45, 7) is 6.94. The van der Waals surface area contributed by atoms with Crippen LogP contribution in [0.15, 0.2) is 46.5 Å². The average Bonchev–Trinajstić information content (AvgIpc) is 2.52. The number of para-hydroxylation sites is 1. The zero-order chi connectivity index (χ0) is 16.9. The van der Waals surface area contributed by atoms with Crippen LogP contribution in [0.25, 0.3) is 0 Å². The van der Waals surface area contributed by atoms with Crippen molar-refractivity contribution in [1.82, 2.24) is 4.90 Å². The molecule has 0 amide bonds. The highest BCUT2D eigenvalue weighted by atomic mass is 15.2. The van der Waals surface area contributed by atoms with Gasteiger partial charge in [-0.2, -0.15) is 0 Å². The predicted octanol–water partition coefficient (Wildman–Crippen LogP) is 5.69. The highest BCUT2D eigenvalue weighted by molar-refractivity contribution is 5.73. The first kappa shape index (κ1) is 15.7. The van der Waals surface area contributed by atoms with Gasteiger partial charge in [-0.3, -0.25) is 0 Å². The molecule has 126 valence electrons. The van der Waals surface area contributed by atoms with Gasteiger partial charge in [0.2, 0.25) is 0 Å². The van der Waals surface area contributed by atoms with E-state index in [2.05, 4.69) is 69.4 Å². The Balaban J connectivity index is 1.84. The SMILES string of the molecule is CC1=CC=C(C)C(C2(C)c3cccc(C4CCC4)c3N=CN2C)C1. The monoisotopic (exact) mass is 320 g/mol. The number of rotatable bonds is 2. The molecule has 0 radical (unpaired) electrons. The van der Waals surface area contributed by atoms with E-state index in [4.69, 9.17) is 4.99 Å². The van der Waals surface area contributed by atoms with Crippen LogP contribution in [0.3, 0.4) is 0 Å². The van der Waals surface area contributed by atoms with Gasteiger partial charge in [0.15, 0.2) is 0 Å². The van der Waals surface area contributed by atoms with E-state index < -0.39 is 0 Å². The van der Waals surface area contributed by atoms with Gasteiger partial charge < -0.3 is 4.90 Å². The average molecular weight is 320 g/mol. The second-order valence-electron chi connectivity index (χ2n) is 8.05. The number of fused-ring (bicyclic) bond motifs is 1. The van der Waals surface area contributed by atoms with E-state index in [9.17, 15) is 0 Å². The summed E-state index contributed by atoms with van der Waals surface area (Å²) in [6.07, 6.45) is 11.8. The molecule has 2 unspecified atom stereocenters. The first-order valence-electron chi connectivity index (χ1n) is 9.26. The Morgan fingerprint density at radius 1 is 1.17 bits per heavy atom. The molecule has 0 spiro atoms. The number of allylic oxidation sites excluding steroid dienone is 3. The predicted molar refractivity (Wildman–Crippen MR) is 102 cm³/mol. The third-order valence-corrected chi connectivity index (χ3v) is 6.64. The Labute approximate surface area is 146 Å². The van der Waals surface area contributed by atoms with Gasteiger partial charge in [-0.25, -0.2) is 4.99 Å². The van der Waals surface area contributed by atoms with Crippen LogP contribution in [0, 0.1) is 5.92 Å². The van der Waals surface area contributed by atoms with Gasteiger partial charge in [-0.05, 0) is 51.5 Å². The summed E-state index contributed by atoms with van der Waals surface area (Å²) in [5.41, 5.74) is 7.04. The van der Waals surface area contributed by atoms with Crippen LogP contribution in [0.2, 0.25) is 0 Å². The fourth-order valence-corrected chi connectivity index (χ4v) is 4.63. The largest absolute Gasteiger partial charge is 0.355 e. The summed E-state index contributed by atoms with van der Waals surface area (Å²) in [5, 5.41) is 0. The number of hydrogen-bond acceptors (Lipinski definition) is 2. The van der Waals surface area contributed by atoms with E-state index in [0.29, 0.717) is 5.92 Å². The van der Waals surface area contributed by atoms with Crippen LogP contribution in [0.5, 0.6) is 0 Å². The van der Waals surface area contributed by atoms with Crippen molar-refractivity contribution in [3.63, 3.8) is 0 Å². The molecule has 2 aliphatic carbocycles. The second-order valence-corrected chi connectivity index (χ2v) is 8.05. The number of benzene rings is 1. The maximum atomic E-state index is 4.88. The van der Waals surface area contributed by atoms with Crippen molar-refractivity contribution in [2.24, 2.45) is 10.9 Å². The van der Waals surface area contributed by atoms with Crippen molar-refractivity contribution in [3.8, 4) is 0 Å². The lowest BCUT2D eigenvalue weighted by atomic mass is 9.68. The highest BCUT2D eigenvalue weighted by Gasteiger charge is 2.44. The van der Waals surface area contributed by atoms with E-state index in [0.717, 1.165) is 12.3 Å². The Bertz CT molecular complexity index is 751. The molecular formula is C22H28N2. The summed E-state index contributed by atoms with van der Waals surface area (Å²) in [6, 6.07) is 6.87. The fourth-order valence-electron chi connectivity index (χ4n) is 4.63. The van der Waals surface area contributed by atoms with E-state index in [1.807, 2.05) is 0 Å². The van der Waals surface area contributed by atoms with Gasteiger partial charge in [-0.1, -0.05) is 47.9 Å². The van der Waals surface area contributed by atoms with Crippen molar-refractivity contribution in [1.29, 1.82) is 0 Å². The molecule has 2 heteroatoms. The summed E-state index contributed by atoms with van der Waals surface area (Å²) >= 11 is 0. The fraction of sp³-hybridized carbons (Fsp3) is 0.500. The number of hydrogen-bond donors (Lipinski definition) is 0. The molecular weight excluding hydrogens is 292 g/mol. The first-order chi connectivity index (χ1) is 11.5. The van der Waals surface area contributed by atoms with Crippen molar-refractivity contribution < 1.29 is 0 Å². The molecule has 1 saturated carbocycles. The van der Waals surface area contributed by atoms with E-state index in [1.165, 1.54) is 47.2 Å². The quantitative estimate of drug-likeness (QED) is 0.683. The lowest BCUT2D eigenvalue weighted by molar-refractivity contribution is 0.158. The summed E-state index contributed by atoms with van der Waals surface area (Å²) in [7, 11) is 2.18. The summed E-state index contributed by atoms with van der Waals surface area (Å²) in [5.74, 6) is 1.21. The molecule has 0 bridgehead atoms. The molecule has 2 atom stereocenters. The maximum absolute atomic E-state index is 4.88. The smallest absolute Gasteiger partial charge is 0.0917 e. The Hall–Kier alpha value is -1.83. The van der Waals surface area contributed by atoms with Crippen molar-refractivity contribution in [2.45, 2.75) is 57.9 Å². The molecule has 0 saturated heterocycles. The van der Waals surface area contributed by atoms with E-state index in [-0.39, 0.29) is 5.54 Å².